The van der Waals surface area contributed by atoms with Gasteiger partial charge in [-0.2, -0.15) is 0 Å². The Morgan fingerprint density at radius 1 is 1.41 bits per heavy atom. The molecule has 1 aromatic heterocycles. The molecule has 1 heterocycles. The van der Waals surface area contributed by atoms with E-state index in [0.717, 1.165) is 5.00 Å². The molecule has 0 amide bonds. The number of thiophene rings is 1. The highest BCUT2D eigenvalue weighted by atomic mass is 32.1. The Balaban J connectivity index is 3.25. The molecular weight excluding hydrogens is 240 g/mol. The van der Waals surface area contributed by atoms with Crippen molar-refractivity contribution < 1.29 is 14.3 Å². The van der Waals surface area contributed by atoms with E-state index < -0.39 is 5.97 Å². The Morgan fingerprint density at radius 3 is 2.41 bits per heavy atom. The zero-order chi connectivity index (χ0) is 13.2. The number of nitrogens with two attached hydrogens (primary N) is 1. The fourth-order valence-electron chi connectivity index (χ4n) is 1.30. The van der Waals surface area contributed by atoms with Gasteiger partial charge in [-0.25, -0.2) is 4.79 Å². The second-order valence-corrected chi connectivity index (χ2v) is 5.03. The summed E-state index contributed by atoms with van der Waals surface area (Å²) in [6, 6.07) is 0. The van der Waals surface area contributed by atoms with Crippen molar-refractivity contribution in [3.8, 4) is 5.75 Å². The molecule has 6 heteroatoms. The van der Waals surface area contributed by atoms with Gasteiger partial charge in [-0.15, -0.1) is 11.3 Å². The average Bonchev–Trinajstić information content (AvgIpc) is 2.55. The number of ether oxygens (including phenoxy) is 2. The fraction of sp³-hybridized carbons (Fsp3) is 0.545. The third kappa shape index (κ3) is 2.82. The second kappa shape index (κ2) is 5.27. The highest BCUT2D eigenvalue weighted by molar-refractivity contribution is 7.19. The number of hydrogen-bond acceptors (Lipinski definition) is 6. The molecule has 0 aliphatic carbocycles. The van der Waals surface area contributed by atoms with Crippen LogP contribution in [0.2, 0.25) is 0 Å². The third-order valence-electron chi connectivity index (χ3n) is 2.01. The van der Waals surface area contributed by atoms with Gasteiger partial charge in [0.15, 0.2) is 5.75 Å². The molecule has 1 rings (SSSR count). The summed E-state index contributed by atoms with van der Waals surface area (Å²) in [6.45, 7) is 3.82. The van der Waals surface area contributed by atoms with E-state index in [2.05, 4.69) is 4.74 Å². The van der Waals surface area contributed by atoms with Gasteiger partial charge in [-0.1, -0.05) is 0 Å². The van der Waals surface area contributed by atoms with E-state index in [1.54, 1.807) is 0 Å². The molecule has 1 aromatic rings. The molecule has 0 aromatic carbocycles. The van der Waals surface area contributed by atoms with Crippen molar-refractivity contribution in [3.63, 3.8) is 0 Å². The highest BCUT2D eigenvalue weighted by Gasteiger charge is 2.24. The molecule has 0 radical (unpaired) electrons. The van der Waals surface area contributed by atoms with E-state index in [1.807, 2.05) is 32.8 Å². The lowest BCUT2D eigenvalue weighted by Gasteiger charge is -2.15. The van der Waals surface area contributed by atoms with E-state index in [0.29, 0.717) is 16.3 Å². The maximum absolute atomic E-state index is 11.5. The quantitative estimate of drug-likeness (QED) is 0.836. The molecule has 2 N–H and O–H groups in total. The Hall–Kier alpha value is -1.43. The van der Waals surface area contributed by atoms with Crippen molar-refractivity contribution >= 4 is 28.0 Å². The molecule has 0 saturated carbocycles. The van der Waals surface area contributed by atoms with Crippen molar-refractivity contribution in [2.45, 2.75) is 20.0 Å². The summed E-state index contributed by atoms with van der Waals surface area (Å²) >= 11 is 1.27. The zero-order valence-electron chi connectivity index (χ0n) is 10.7. The van der Waals surface area contributed by atoms with Gasteiger partial charge >= 0.3 is 5.97 Å². The molecule has 0 unspecified atom stereocenters. The maximum atomic E-state index is 11.5. The van der Waals surface area contributed by atoms with Crippen LogP contribution in [0.3, 0.4) is 0 Å². The van der Waals surface area contributed by atoms with Crippen molar-refractivity contribution in [3.05, 3.63) is 4.88 Å². The summed E-state index contributed by atoms with van der Waals surface area (Å²) in [5.41, 5.74) is 6.27. The summed E-state index contributed by atoms with van der Waals surface area (Å²) in [5, 5.41) is 0.816. The van der Waals surface area contributed by atoms with Gasteiger partial charge in [0.25, 0.3) is 0 Å². The molecule has 0 spiro atoms. The zero-order valence-corrected chi connectivity index (χ0v) is 11.6. The van der Waals surface area contributed by atoms with Gasteiger partial charge in [-0.05, 0) is 13.8 Å². The molecule has 0 saturated heterocycles. The summed E-state index contributed by atoms with van der Waals surface area (Å²) in [6.07, 6.45) is -0.00361. The molecule has 0 aliphatic heterocycles. The first-order valence-electron chi connectivity index (χ1n) is 5.23. The van der Waals surface area contributed by atoms with E-state index in [9.17, 15) is 4.79 Å². The van der Waals surface area contributed by atoms with Crippen molar-refractivity contribution in [1.82, 2.24) is 0 Å². The van der Waals surface area contributed by atoms with Gasteiger partial charge in [-0.3, -0.25) is 0 Å². The minimum atomic E-state index is -0.436. The van der Waals surface area contributed by atoms with Crippen molar-refractivity contribution in [2.24, 2.45) is 0 Å². The monoisotopic (exact) mass is 258 g/mol. The number of nitrogens with zero attached hydrogens (tertiary/aromatic N) is 1. The molecule has 17 heavy (non-hydrogen) atoms. The Bertz CT molecular complexity index is 413. The minimum Gasteiger partial charge on any atom is -0.486 e. The van der Waals surface area contributed by atoms with E-state index in [-0.39, 0.29) is 6.10 Å². The summed E-state index contributed by atoms with van der Waals surface area (Å²) in [7, 11) is 5.08. The van der Waals surface area contributed by atoms with Gasteiger partial charge < -0.3 is 20.1 Å². The first-order valence-corrected chi connectivity index (χ1v) is 6.04. The largest absolute Gasteiger partial charge is 0.486 e. The average molecular weight is 258 g/mol. The van der Waals surface area contributed by atoms with Gasteiger partial charge in [0.2, 0.25) is 0 Å². The number of hydrogen-bond donors (Lipinski definition) is 1. The van der Waals surface area contributed by atoms with Crippen LogP contribution < -0.4 is 15.4 Å². The Morgan fingerprint density at radius 2 is 2.00 bits per heavy atom. The van der Waals surface area contributed by atoms with Crippen LogP contribution in [0.4, 0.5) is 10.7 Å². The predicted molar refractivity (Wildman–Crippen MR) is 70.2 cm³/mol. The number of nitrogen functional groups attached to an aromatic ring is 1. The summed E-state index contributed by atoms with van der Waals surface area (Å²) < 4.78 is 10.3. The SMILES string of the molecule is COC(=O)c1sc(N(C)C)c(OC(C)C)c1N. The van der Waals surface area contributed by atoms with E-state index in [1.165, 1.54) is 18.4 Å². The summed E-state index contributed by atoms with van der Waals surface area (Å²) in [5.74, 6) is 0.115. The number of methoxy groups -OCH3 is 1. The predicted octanol–water partition coefficient (Wildman–Crippen LogP) is 1.97. The van der Waals surface area contributed by atoms with Crippen LogP contribution in [0.1, 0.15) is 23.5 Å². The normalized spacial score (nSPS) is 10.5. The topological polar surface area (TPSA) is 64.8 Å². The van der Waals surface area contributed by atoms with Gasteiger partial charge in [0.1, 0.15) is 15.6 Å². The van der Waals surface area contributed by atoms with Crippen LogP contribution in [-0.4, -0.2) is 33.3 Å². The number of esters is 1. The Labute approximate surface area is 105 Å². The number of anilines is 2. The lowest BCUT2D eigenvalue weighted by molar-refractivity contribution is 0.0607. The van der Waals surface area contributed by atoms with Gasteiger partial charge in [0.05, 0.1) is 13.2 Å². The maximum Gasteiger partial charge on any atom is 0.350 e. The van der Waals surface area contributed by atoms with Crippen LogP contribution >= 0.6 is 11.3 Å². The number of rotatable bonds is 4. The second-order valence-electron chi connectivity index (χ2n) is 4.03. The fourth-order valence-corrected chi connectivity index (χ4v) is 2.30. The lowest BCUT2D eigenvalue weighted by atomic mass is 10.3. The molecule has 0 aliphatic rings. The summed E-state index contributed by atoms with van der Waals surface area (Å²) in [4.78, 5) is 13.8. The number of carbonyl (C=O) groups is 1. The van der Waals surface area contributed by atoms with Crippen molar-refractivity contribution in [1.29, 1.82) is 0 Å². The smallest absolute Gasteiger partial charge is 0.350 e. The van der Waals surface area contributed by atoms with Crippen LogP contribution in [0.25, 0.3) is 0 Å². The van der Waals surface area contributed by atoms with E-state index >= 15 is 0 Å². The number of carbonyl (C=O) groups excluding carboxylic acids is 1. The lowest BCUT2D eigenvalue weighted by Crippen LogP contribution is -2.12. The van der Waals surface area contributed by atoms with Crippen LogP contribution in [-0.2, 0) is 4.74 Å². The van der Waals surface area contributed by atoms with Crippen LogP contribution in [0.15, 0.2) is 0 Å². The molecule has 96 valence electrons. The molecular formula is C11H18N2O3S. The molecule has 5 nitrogen and oxygen atoms in total. The first-order chi connectivity index (χ1) is 7.88. The first kappa shape index (κ1) is 13.6. The molecule has 0 atom stereocenters. The Kier molecular flexibility index (Phi) is 4.22. The third-order valence-corrected chi connectivity index (χ3v) is 3.35. The standard InChI is InChI=1S/C11H18N2O3S/c1-6(2)16-8-7(12)9(11(14)15-5)17-10(8)13(3)4/h6H,12H2,1-5H3. The van der Waals surface area contributed by atoms with Crippen LogP contribution in [0, 0.1) is 0 Å². The van der Waals surface area contributed by atoms with Crippen LogP contribution in [0.5, 0.6) is 5.75 Å². The highest BCUT2D eigenvalue weighted by Crippen LogP contribution is 2.44. The molecule has 0 fully saturated rings. The molecule has 0 bridgehead atoms. The van der Waals surface area contributed by atoms with E-state index in [4.69, 9.17) is 10.5 Å². The van der Waals surface area contributed by atoms with Gasteiger partial charge in [0, 0.05) is 14.1 Å². The minimum absolute atomic E-state index is 0.00361. The van der Waals surface area contributed by atoms with Crippen molar-refractivity contribution in [2.75, 3.05) is 31.8 Å².